The fraction of sp³-hybridized carbons (Fsp3) is 0.312. The van der Waals surface area contributed by atoms with E-state index in [0.29, 0.717) is 11.4 Å². The fourth-order valence-corrected chi connectivity index (χ4v) is 2.14. The van der Waals surface area contributed by atoms with Gasteiger partial charge in [0.2, 0.25) is 0 Å². The zero-order chi connectivity index (χ0) is 17.1. The number of aromatic nitrogens is 2. The number of nitrogens with one attached hydrogen (secondary N) is 1. The van der Waals surface area contributed by atoms with Crippen molar-refractivity contribution in [2.45, 2.75) is 26.9 Å². The predicted molar refractivity (Wildman–Crippen MR) is 85.6 cm³/mol. The minimum atomic E-state index is -1.02. The summed E-state index contributed by atoms with van der Waals surface area (Å²) >= 11 is 0. The van der Waals surface area contributed by atoms with Crippen LogP contribution < -0.4 is 10.9 Å². The topological polar surface area (TPSA) is 82.3 Å². The zero-order valence-electron chi connectivity index (χ0n) is 13.5. The average Bonchev–Trinajstić information content (AvgIpc) is 2.71. The third kappa shape index (κ3) is 3.33. The summed E-state index contributed by atoms with van der Waals surface area (Å²) in [5, 5.41) is 2.35. The Morgan fingerprint density at radius 3 is 2.35 bits per heavy atom. The van der Waals surface area contributed by atoms with Crippen LogP contribution in [-0.2, 0) is 21.4 Å². The molecule has 1 heterocycles. The summed E-state index contributed by atoms with van der Waals surface area (Å²) in [6, 6.07) is 9.01. The van der Waals surface area contributed by atoms with E-state index in [4.69, 9.17) is 4.74 Å². The van der Waals surface area contributed by atoms with Crippen molar-refractivity contribution in [2.24, 2.45) is 7.05 Å². The molecule has 2 rings (SSSR count). The van der Waals surface area contributed by atoms with Gasteiger partial charge in [0.25, 0.3) is 5.56 Å². The van der Waals surface area contributed by atoms with Crippen molar-refractivity contribution in [3.63, 3.8) is 0 Å². The number of hydrogen-bond donors (Lipinski definition) is 1. The van der Waals surface area contributed by atoms with E-state index in [9.17, 15) is 14.4 Å². The molecule has 0 radical (unpaired) electrons. The molecule has 2 aromatic rings. The number of hydrogen-bond acceptors (Lipinski definition) is 4. The monoisotopic (exact) mass is 317 g/mol. The molecule has 0 spiro atoms. The van der Waals surface area contributed by atoms with E-state index in [-0.39, 0.29) is 5.69 Å². The van der Waals surface area contributed by atoms with Crippen molar-refractivity contribution in [3.05, 3.63) is 46.4 Å². The Kier molecular flexibility index (Phi) is 4.68. The number of carbonyl (C=O) groups excluding carboxylic acids is 2. The van der Waals surface area contributed by atoms with Gasteiger partial charge < -0.3 is 10.1 Å². The number of nitrogens with zero attached hydrogens (tertiary/aromatic N) is 2. The molecule has 0 saturated heterocycles. The lowest BCUT2D eigenvalue weighted by Gasteiger charge is -2.07. The maximum Gasteiger partial charge on any atom is 0.397 e. The minimum absolute atomic E-state index is 0.0575. The van der Waals surface area contributed by atoms with Crippen LogP contribution in [0.2, 0.25) is 0 Å². The Morgan fingerprint density at radius 2 is 1.78 bits per heavy atom. The summed E-state index contributed by atoms with van der Waals surface area (Å²) in [6.45, 7) is 4.97. The second-order valence-electron chi connectivity index (χ2n) is 5.34. The number of benzene rings is 1. The number of esters is 1. The highest BCUT2D eigenvalue weighted by Gasteiger charge is 2.23. The second-order valence-corrected chi connectivity index (χ2v) is 5.34. The van der Waals surface area contributed by atoms with Crippen LogP contribution in [0.5, 0.6) is 0 Å². The molecule has 1 amide bonds. The van der Waals surface area contributed by atoms with Crippen LogP contribution in [0.25, 0.3) is 5.69 Å². The molecule has 7 heteroatoms. The molecule has 7 nitrogen and oxygen atoms in total. The van der Waals surface area contributed by atoms with Gasteiger partial charge in [0.15, 0.2) is 0 Å². The van der Waals surface area contributed by atoms with E-state index in [0.717, 1.165) is 0 Å². The lowest BCUT2D eigenvalue weighted by Crippen LogP contribution is -2.30. The summed E-state index contributed by atoms with van der Waals surface area (Å²) in [5.41, 5.74) is 0.835. The molecule has 0 unspecified atom stereocenters. The molecule has 0 bridgehead atoms. The molecular formula is C16H19N3O4. The summed E-state index contributed by atoms with van der Waals surface area (Å²) < 4.78 is 7.85. The maximum atomic E-state index is 12.6. The maximum absolute atomic E-state index is 12.6. The summed E-state index contributed by atoms with van der Waals surface area (Å²) in [7, 11) is 1.70. The van der Waals surface area contributed by atoms with E-state index in [2.05, 4.69) is 5.32 Å². The summed E-state index contributed by atoms with van der Waals surface area (Å²) in [5.74, 6) is -1.99. The van der Waals surface area contributed by atoms with Gasteiger partial charge in [-0.15, -0.1) is 0 Å². The van der Waals surface area contributed by atoms with Crippen molar-refractivity contribution >= 4 is 17.6 Å². The number of ether oxygens (including phenoxy) is 1. The van der Waals surface area contributed by atoms with Gasteiger partial charge in [-0.1, -0.05) is 18.2 Å². The minimum Gasteiger partial charge on any atom is -0.456 e. The van der Waals surface area contributed by atoms with Gasteiger partial charge in [-0.3, -0.25) is 14.3 Å². The van der Waals surface area contributed by atoms with Gasteiger partial charge in [0, 0.05) is 7.05 Å². The van der Waals surface area contributed by atoms with Crippen molar-refractivity contribution in [1.82, 2.24) is 9.36 Å². The number of carbonyl (C=O) groups is 2. The molecule has 122 valence electrons. The first-order chi connectivity index (χ1) is 10.8. The Morgan fingerprint density at radius 1 is 1.17 bits per heavy atom. The highest BCUT2D eigenvalue weighted by molar-refractivity contribution is 6.37. The van der Waals surface area contributed by atoms with E-state index in [1.807, 2.05) is 18.2 Å². The molecule has 0 fully saturated rings. The molecule has 1 aromatic heterocycles. The Balaban J connectivity index is 2.37. The molecule has 23 heavy (non-hydrogen) atoms. The van der Waals surface area contributed by atoms with Gasteiger partial charge >= 0.3 is 11.9 Å². The van der Waals surface area contributed by atoms with Gasteiger partial charge in [0.1, 0.15) is 5.69 Å². The average molecular weight is 317 g/mol. The first-order valence-corrected chi connectivity index (χ1v) is 7.19. The lowest BCUT2D eigenvalue weighted by molar-refractivity contribution is -0.155. The SMILES string of the molecule is Cc1c(NC(=O)C(=O)OC(C)C)c(=O)n(-c2ccccc2)n1C. The number of amides is 1. The Hall–Kier alpha value is -2.83. The van der Waals surface area contributed by atoms with Crippen molar-refractivity contribution in [2.75, 3.05) is 5.32 Å². The van der Waals surface area contributed by atoms with E-state index in [1.54, 1.807) is 44.6 Å². The van der Waals surface area contributed by atoms with Crippen LogP contribution in [0.1, 0.15) is 19.5 Å². The van der Waals surface area contributed by atoms with E-state index >= 15 is 0 Å². The molecule has 1 N–H and O–H groups in total. The Bertz CT molecular complexity index is 788. The van der Waals surface area contributed by atoms with Crippen molar-refractivity contribution in [3.8, 4) is 5.69 Å². The van der Waals surface area contributed by atoms with Crippen LogP contribution in [0.3, 0.4) is 0 Å². The first-order valence-electron chi connectivity index (χ1n) is 7.19. The molecule has 0 aliphatic heterocycles. The van der Waals surface area contributed by atoms with Crippen molar-refractivity contribution < 1.29 is 14.3 Å². The summed E-state index contributed by atoms with van der Waals surface area (Å²) in [6.07, 6.45) is -0.411. The fourth-order valence-electron chi connectivity index (χ4n) is 2.14. The van der Waals surface area contributed by atoms with Gasteiger partial charge in [-0.05, 0) is 32.9 Å². The van der Waals surface area contributed by atoms with Gasteiger partial charge in [-0.2, -0.15) is 0 Å². The lowest BCUT2D eigenvalue weighted by atomic mass is 10.3. The molecule has 0 aliphatic carbocycles. The molecule has 1 aromatic carbocycles. The van der Waals surface area contributed by atoms with Gasteiger partial charge in [0.05, 0.1) is 17.5 Å². The van der Waals surface area contributed by atoms with E-state index in [1.165, 1.54) is 4.68 Å². The van der Waals surface area contributed by atoms with E-state index < -0.39 is 23.5 Å². The van der Waals surface area contributed by atoms with Crippen molar-refractivity contribution in [1.29, 1.82) is 0 Å². The summed E-state index contributed by atoms with van der Waals surface area (Å²) in [4.78, 5) is 36.0. The zero-order valence-corrected chi connectivity index (χ0v) is 13.5. The first kappa shape index (κ1) is 16.5. The largest absolute Gasteiger partial charge is 0.456 e. The normalized spacial score (nSPS) is 10.7. The van der Waals surface area contributed by atoms with Crippen LogP contribution in [-0.4, -0.2) is 27.3 Å². The molecular weight excluding hydrogens is 298 g/mol. The van der Waals surface area contributed by atoms with Gasteiger partial charge in [-0.25, -0.2) is 9.48 Å². The third-order valence-electron chi connectivity index (χ3n) is 3.32. The van der Waals surface area contributed by atoms with Crippen LogP contribution in [0.15, 0.2) is 35.1 Å². The smallest absolute Gasteiger partial charge is 0.397 e. The number of rotatable bonds is 3. The molecule has 0 atom stereocenters. The third-order valence-corrected chi connectivity index (χ3v) is 3.32. The standard InChI is InChI=1S/C16H19N3O4/c1-10(2)23-16(22)14(20)17-13-11(3)18(4)19(15(13)21)12-8-6-5-7-9-12/h5-10H,1-4H3,(H,17,20). The molecule has 0 saturated carbocycles. The highest BCUT2D eigenvalue weighted by Crippen LogP contribution is 2.13. The van der Waals surface area contributed by atoms with Crippen LogP contribution >= 0.6 is 0 Å². The predicted octanol–water partition coefficient (Wildman–Crippen LogP) is 1.37. The quantitative estimate of drug-likeness (QED) is 0.685. The highest BCUT2D eigenvalue weighted by atomic mass is 16.5. The number of para-hydroxylation sites is 1. The van der Waals surface area contributed by atoms with Crippen LogP contribution in [0.4, 0.5) is 5.69 Å². The Labute approximate surface area is 133 Å². The number of anilines is 1. The van der Waals surface area contributed by atoms with Crippen LogP contribution in [0, 0.1) is 6.92 Å². The second kappa shape index (κ2) is 6.51. The molecule has 0 aliphatic rings.